The minimum Gasteiger partial charge on any atom is -0.464 e. The van der Waals surface area contributed by atoms with E-state index < -0.39 is 0 Å². The average molecular weight is 204 g/mol. The average Bonchev–Trinajstić information content (AvgIpc) is 2.69. The van der Waals surface area contributed by atoms with Crippen LogP contribution in [0.2, 0.25) is 0 Å². The molecule has 80 valence electrons. The van der Waals surface area contributed by atoms with Gasteiger partial charge in [-0.2, -0.15) is 0 Å². The molecule has 0 aliphatic heterocycles. The predicted octanol–water partition coefficient (Wildman–Crippen LogP) is 2.17. The molecule has 0 fully saturated rings. The largest absolute Gasteiger partial charge is 0.464 e. The van der Waals surface area contributed by atoms with E-state index in [-0.39, 0.29) is 6.04 Å². The van der Waals surface area contributed by atoms with Crippen LogP contribution in [0.3, 0.4) is 0 Å². The summed E-state index contributed by atoms with van der Waals surface area (Å²) < 4.78 is 5.44. The van der Waals surface area contributed by atoms with Gasteiger partial charge in [-0.1, -0.05) is 18.2 Å². The quantitative estimate of drug-likeness (QED) is 0.802. The minimum atomic E-state index is 0.0252. The molecule has 1 aromatic carbocycles. The van der Waals surface area contributed by atoms with Crippen molar-refractivity contribution in [3.05, 3.63) is 36.1 Å². The first-order chi connectivity index (χ1) is 7.33. The topological polar surface area (TPSA) is 65.2 Å². The molecule has 1 atom stereocenters. The highest BCUT2D eigenvalue weighted by Crippen LogP contribution is 2.26. The molecule has 2 aromatic rings. The minimum absolute atomic E-state index is 0.0252. The maximum Gasteiger partial charge on any atom is 0.134 e. The zero-order valence-electron chi connectivity index (χ0n) is 8.65. The second-order valence-electron chi connectivity index (χ2n) is 3.72. The number of para-hydroxylation sites is 1. The van der Waals surface area contributed by atoms with Gasteiger partial charge in [0.25, 0.3) is 0 Å². The van der Waals surface area contributed by atoms with E-state index in [1.807, 2.05) is 24.3 Å². The number of nitrogens with two attached hydrogens (primary N) is 2. The number of rotatable bonds is 4. The number of furan rings is 1. The molecule has 1 heterocycles. The van der Waals surface area contributed by atoms with E-state index in [1.54, 1.807) is 6.26 Å². The predicted molar refractivity (Wildman–Crippen MR) is 61.4 cm³/mol. The molecule has 15 heavy (non-hydrogen) atoms. The Morgan fingerprint density at radius 1 is 1.27 bits per heavy atom. The summed E-state index contributed by atoms with van der Waals surface area (Å²) in [6.45, 7) is 0.684. The zero-order valence-corrected chi connectivity index (χ0v) is 8.65. The summed E-state index contributed by atoms with van der Waals surface area (Å²) in [5.74, 6) is 0. The Labute approximate surface area is 89.0 Å². The van der Waals surface area contributed by atoms with Crippen LogP contribution in [0.1, 0.15) is 24.4 Å². The van der Waals surface area contributed by atoms with Crippen molar-refractivity contribution in [2.45, 2.75) is 18.9 Å². The number of hydrogen-bond acceptors (Lipinski definition) is 3. The molecule has 0 amide bonds. The Bertz CT molecular complexity index is 436. The van der Waals surface area contributed by atoms with Gasteiger partial charge in [0.05, 0.1) is 6.26 Å². The third kappa shape index (κ3) is 2.03. The molecule has 0 radical (unpaired) electrons. The fraction of sp³-hybridized carbons (Fsp3) is 0.333. The third-order valence-corrected chi connectivity index (χ3v) is 2.63. The molecule has 1 unspecified atom stereocenters. The van der Waals surface area contributed by atoms with E-state index in [1.165, 1.54) is 0 Å². The SMILES string of the molecule is NCCCC(N)c1coc2ccccc12. The van der Waals surface area contributed by atoms with Crippen LogP contribution in [0.5, 0.6) is 0 Å². The fourth-order valence-corrected chi connectivity index (χ4v) is 1.78. The first-order valence-electron chi connectivity index (χ1n) is 5.24. The molecule has 1 aromatic heterocycles. The van der Waals surface area contributed by atoms with Gasteiger partial charge in [-0.05, 0) is 25.5 Å². The van der Waals surface area contributed by atoms with Crippen LogP contribution in [0.4, 0.5) is 0 Å². The van der Waals surface area contributed by atoms with Gasteiger partial charge in [-0.15, -0.1) is 0 Å². The lowest BCUT2D eigenvalue weighted by Gasteiger charge is -2.08. The lowest BCUT2D eigenvalue weighted by atomic mass is 10.0. The normalized spacial score (nSPS) is 13.2. The van der Waals surface area contributed by atoms with Gasteiger partial charge in [0.15, 0.2) is 0 Å². The molecule has 0 saturated heterocycles. The summed E-state index contributed by atoms with van der Waals surface area (Å²) in [5, 5.41) is 1.11. The first kappa shape index (κ1) is 10.2. The molecule has 0 aliphatic carbocycles. The van der Waals surface area contributed by atoms with E-state index >= 15 is 0 Å². The molecule has 4 N–H and O–H groups in total. The van der Waals surface area contributed by atoms with Crippen molar-refractivity contribution in [1.82, 2.24) is 0 Å². The van der Waals surface area contributed by atoms with E-state index in [9.17, 15) is 0 Å². The molecular weight excluding hydrogens is 188 g/mol. The molecule has 0 aliphatic rings. The van der Waals surface area contributed by atoms with Gasteiger partial charge in [-0.3, -0.25) is 0 Å². The van der Waals surface area contributed by atoms with Crippen molar-refractivity contribution in [1.29, 1.82) is 0 Å². The first-order valence-corrected chi connectivity index (χ1v) is 5.24. The zero-order chi connectivity index (χ0) is 10.7. The maximum absolute atomic E-state index is 6.08. The highest BCUT2D eigenvalue weighted by atomic mass is 16.3. The standard InChI is InChI=1S/C12H16N2O/c13-7-3-5-11(14)10-8-15-12-6-2-1-4-9(10)12/h1-2,4,6,8,11H,3,5,7,13-14H2. The smallest absolute Gasteiger partial charge is 0.134 e. The Hall–Kier alpha value is -1.32. The Kier molecular flexibility index (Phi) is 3.04. The van der Waals surface area contributed by atoms with Crippen molar-refractivity contribution in [3.63, 3.8) is 0 Å². The summed E-state index contributed by atoms with van der Waals surface area (Å²) in [7, 11) is 0. The maximum atomic E-state index is 6.08. The van der Waals surface area contributed by atoms with Crippen LogP contribution in [-0.2, 0) is 0 Å². The van der Waals surface area contributed by atoms with Crippen LogP contribution < -0.4 is 11.5 Å². The van der Waals surface area contributed by atoms with Gasteiger partial charge in [0.2, 0.25) is 0 Å². The molecule has 3 nitrogen and oxygen atoms in total. The molecule has 0 spiro atoms. The highest BCUT2D eigenvalue weighted by molar-refractivity contribution is 5.81. The lowest BCUT2D eigenvalue weighted by Crippen LogP contribution is -2.11. The van der Waals surface area contributed by atoms with Crippen molar-refractivity contribution >= 4 is 11.0 Å². The van der Waals surface area contributed by atoms with E-state index in [2.05, 4.69) is 0 Å². The Morgan fingerprint density at radius 2 is 2.07 bits per heavy atom. The van der Waals surface area contributed by atoms with Crippen molar-refractivity contribution < 1.29 is 4.42 Å². The second kappa shape index (κ2) is 4.47. The number of benzene rings is 1. The summed E-state index contributed by atoms with van der Waals surface area (Å²) >= 11 is 0. The van der Waals surface area contributed by atoms with Crippen molar-refractivity contribution in [3.8, 4) is 0 Å². The molecule has 0 bridgehead atoms. The summed E-state index contributed by atoms with van der Waals surface area (Å²) in [4.78, 5) is 0. The molecular formula is C12H16N2O. The molecule has 3 heteroatoms. The monoisotopic (exact) mass is 204 g/mol. The van der Waals surface area contributed by atoms with E-state index in [0.717, 1.165) is 29.4 Å². The lowest BCUT2D eigenvalue weighted by molar-refractivity contribution is 0.580. The third-order valence-electron chi connectivity index (χ3n) is 2.63. The van der Waals surface area contributed by atoms with E-state index in [4.69, 9.17) is 15.9 Å². The molecule has 0 saturated carbocycles. The Balaban J connectivity index is 2.27. The van der Waals surface area contributed by atoms with Crippen LogP contribution in [-0.4, -0.2) is 6.54 Å². The Morgan fingerprint density at radius 3 is 2.87 bits per heavy atom. The van der Waals surface area contributed by atoms with E-state index in [0.29, 0.717) is 6.54 Å². The van der Waals surface area contributed by atoms with Crippen molar-refractivity contribution in [2.24, 2.45) is 11.5 Å². The van der Waals surface area contributed by atoms with Gasteiger partial charge < -0.3 is 15.9 Å². The summed E-state index contributed by atoms with van der Waals surface area (Å²) in [5.41, 5.74) is 13.5. The van der Waals surface area contributed by atoms with Gasteiger partial charge in [0, 0.05) is 17.0 Å². The molecule has 2 rings (SSSR count). The van der Waals surface area contributed by atoms with Crippen LogP contribution in [0, 0.1) is 0 Å². The number of hydrogen-bond donors (Lipinski definition) is 2. The van der Waals surface area contributed by atoms with Crippen LogP contribution in [0.25, 0.3) is 11.0 Å². The fourth-order valence-electron chi connectivity index (χ4n) is 1.78. The van der Waals surface area contributed by atoms with Gasteiger partial charge >= 0.3 is 0 Å². The summed E-state index contributed by atoms with van der Waals surface area (Å²) in [6.07, 6.45) is 3.60. The van der Waals surface area contributed by atoms with Crippen molar-refractivity contribution in [2.75, 3.05) is 6.54 Å². The summed E-state index contributed by atoms with van der Waals surface area (Å²) in [6, 6.07) is 7.97. The highest BCUT2D eigenvalue weighted by Gasteiger charge is 2.11. The van der Waals surface area contributed by atoms with Crippen LogP contribution >= 0.6 is 0 Å². The van der Waals surface area contributed by atoms with Gasteiger partial charge in [0.1, 0.15) is 5.58 Å². The number of fused-ring (bicyclic) bond motifs is 1. The van der Waals surface area contributed by atoms with Gasteiger partial charge in [-0.25, -0.2) is 0 Å². The van der Waals surface area contributed by atoms with Crippen LogP contribution in [0.15, 0.2) is 34.9 Å². The second-order valence-corrected chi connectivity index (χ2v) is 3.72.